The Balaban J connectivity index is 1.55. The van der Waals surface area contributed by atoms with Gasteiger partial charge in [-0.3, -0.25) is 0 Å². The van der Waals surface area contributed by atoms with Crippen LogP contribution in [0.4, 0.5) is 11.4 Å². The minimum Gasteiger partial charge on any atom is -0.356 e. The topological polar surface area (TPSA) is 51.4 Å². The van der Waals surface area contributed by atoms with Crippen LogP contribution >= 0.6 is 23.5 Å². The van der Waals surface area contributed by atoms with Crippen LogP contribution in [0.5, 0.6) is 0 Å². The summed E-state index contributed by atoms with van der Waals surface area (Å²) in [5.74, 6) is 1.01. The van der Waals surface area contributed by atoms with Crippen LogP contribution in [-0.2, 0) is 6.42 Å². The molecule has 1 heterocycles. The second kappa shape index (κ2) is 8.84. The van der Waals surface area contributed by atoms with E-state index in [0.717, 1.165) is 41.8 Å². The number of nitrogens with one attached hydrogen (secondary N) is 1. The zero-order valence-corrected chi connectivity index (χ0v) is 15.7. The Morgan fingerprint density at radius 3 is 2.48 bits per heavy atom. The molecule has 6 heteroatoms. The molecule has 4 nitrogen and oxygen atoms in total. The Morgan fingerprint density at radius 1 is 1.16 bits per heavy atom. The molecule has 0 spiro atoms. The molecule has 0 atom stereocenters. The number of benzene rings is 2. The Bertz CT molecular complexity index is 764. The smallest absolute Gasteiger partial charge is 0.208 e. The number of hydrogen-bond acceptors (Lipinski definition) is 5. The van der Waals surface area contributed by atoms with E-state index in [4.69, 9.17) is 5.26 Å². The number of amidine groups is 1. The van der Waals surface area contributed by atoms with Gasteiger partial charge in [0, 0.05) is 35.1 Å². The lowest BCUT2D eigenvalue weighted by Gasteiger charge is -2.16. The van der Waals surface area contributed by atoms with E-state index in [2.05, 4.69) is 70.0 Å². The number of nitriles is 1. The molecule has 25 heavy (non-hydrogen) atoms. The van der Waals surface area contributed by atoms with Crippen molar-refractivity contribution in [3.63, 3.8) is 0 Å². The maximum absolute atomic E-state index is 8.72. The highest BCUT2D eigenvalue weighted by Gasteiger charge is 2.18. The van der Waals surface area contributed by atoms with Gasteiger partial charge in [0.1, 0.15) is 0 Å². The third-order valence-corrected chi connectivity index (χ3v) is 5.75. The highest BCUT2D eigenvalue weighted by Crippen LogP contribution is 2.22. The third kappa shape index (κ3) is 4.94. The van der Waals surface area contributed by atoms with E-state index in [1.165, 1.54) is 10.5 Å². The van der Waals surface area contributed by atoms with Crippen molar-refractivity contribution in [2.45, 2.75) is 11.3 Å². The highest BCUT2D eigenvalue weighted by atomic mass is 32.2. The van der Waals surface area contributed by atoms with Crippen molar-refractivity contribution in [3.05, 3.63) is 54.1 Å². The zero-order chi connectivity index (χ0) is 17.5. The maximum Gasteiger partial charge on any atom is 0.208 e. The van der Waals surface area contributed by atoms with Crippen LogP contribution in [0, 0.1) is 11.5 Å². The molecular formula is C19H20N4S2. The van der Waals surface area contributed by atoms with Crippen LogP contribution in [0.1, 0.15) is 5.56 Å². The lowest BCUT2D eigenvalue weighted by Crippen LogP contribution is -2.26. The molecule has 0 amide bonds. The standard InChI is InChI=1S/C19H20N4S2/c1-24-18-8-6-17(7-9-18)22-16-4-2-15(3-5-16)10-11-23-12-13-25-19(23)21-14-20/h2-9,22H,10-13H2,1H3. The molecule has 0 aromatic heterocycles. The zero-order valence-electron chi connectivity index (χ0n) is 14.1. The van der Waals surface area contributed by atoms with E-state index in [0.29, 0.717) is 0 Å². The van der Waals surface area contributed by atoms with Gasteiger partial charge in [-0.2, -0.15) is 5.26 Å². The molecule has 3 rings (SSSR count). The fourth-order valence-corrected chi connectivity index (χ4v) is 4.02. The molecule has 0 unspecified atom stereocenters. The van der Waals surface area contributed by atoms with Crippen molar-refractivity contribution in [3.8, 4) is 6.19 Å². The van der Waals surface area contributed by atoms with Gasteiger partial charge in [-0.05, 0) is 54.6 Å². The second-order valence-corrected chi connectivity index (χ2v) is 7.57. The van der Waals surface area contributed by atoms with Gasteiger partial charge in [-0.25, -0.2) is 0 Å². The summed E-state index contributed by atoms with van der Waals surface area (Å²) in [7, 11) is 0. The van der Waals surface area contributed by atoms with Crippen LogP contribution in [0.15, 0.2) is 58.4 Å². The number of anilines is 2. The summed E-state index contributed by atoms with van der Waals surface area (Å²) < 4.78 is 0. The van der Waals surface area contributed by atoms with Crippen molar-refractivity contribution in [1.29, 1.82) is 5.26 Å². The highest BCUT2D eigenvalue weighted by molar-refractivity contribution is 8.14. The number of nitrogens with zero attached hydrogens (tertiary/aromatic N) is 3. The van der Waals surface area contributed by atoms with Crippen LogP contribution < -0.4 is 5.32 Å². The summed E-state index contributed by atoms with van der Waals surface area (Å²) in [5, 5.41) is 13.0. The van der Waals surface area contributed by atoms with E-state index in [-0.39, 0.29) is 0 Å². The van der Waals surface area contributed by atoms with Gasteiger partial charge in [0.2, 0.25) is 6.19 Å². The monoisotopic (exact) mass is 368 g/mol. The van der Waals surface area contributed by atoms with Gasteiger partial charge in [0.05, 0.1) is 0 Å². The van der Waals surface area contributed by atoms with Crippen LogP contribution in [-0.4, -0.2) is 35.2 Å². The summed E-state index contributed by atoms with van der Waals surface area (Å²) in [6.45, 7) is 1.87. The first-order valence-electron chi connectivity index (χ1n) is 8.13. The van der Waals surface area contributed by atoms with E-state index in [1.54, 1.807) is 23.5 Å². The normalized spacial score (nSPS) is 15.4. The number of aliphatic imine (C=N–C) groups is 1. The maximum atomic E-state index is 8.72. The quantitative estimate of drug-likeness (QED) is 0.597. The summed E-state index contributed by atoms with van der Waals surface area (Å²) in [6.07, 6.45) is 4.92. The van der Waals surface area contributed by atoms with Gasteiger partial charge in [-0.15, -0.1) is 16.8 Å². The Kier molecular flexibility index (Phi) is 6.26. The first kappa shape index (κ1) is 17.7. The molecular weight excluding hydrogens is 348 g/mol. The Morgan fingerprint density at radius 2 is 1.84 bits per heavy atom. The summed E-state index contributed by atoms with van der Waals surface area (Å²) in [5.41, 5.74) is 3.47. The molecule has 0 aliphatic carbocycles. The minimum absolute atomic E-state index is 0.856. The van der Waals surface area contributed by atoms with E-state index >= 15 is 0 Å². The van der Waals surface area contributed by atoms with E-state index in [9.17, 15) is 0 Å². The van der Waals surface area contributed by atoms with Gasteiger partial charge in [-0.1, -0.05) is 23.9 Å². The molecule has 1 saturated heterocycles. The van der Waals surface area contributed by atoms with Crippen molar-refractivity contribution in [2.75, 3.05) is 30.4 Å². The van der Waals surface area contributed by atoms with Gasteiger partial charge >= 0.3 is 0 Å². The van der Waals surface area contributed by atoms with Crippen molar-refractivity contribution in [2.24, 2.45) is 4.99 Å². The molecule has 0 bridgehead atoms. The Hall–Kier alpha value is -2.10. The first-order chi connectivity index (χ1) is 12.3. The van der Waals surface area contributed by atoms with Gasteiger partial charge in [0.25, 0.3) is 0 Å². The SMILES string of the molecule is CSc1ccc(Nc2ccc(CCN3CCSC3=NC#N)cc2)cc1. The molecule has 1 aliphatic heterocycles. The average Bonchev–Trinajstić information content (AvgIpc) is 3.09. The minimum atomic E-state index is 0.856. The molecule has 1 aliphatic rings. The number of thioether (sulfide) groups is 2. The lowest BCUT2D eigenvalue weighted by atomic mass is 10.1. The Labute approximate surface area is 157 Å². The fraction of sp³-hybridized carbons (Fsp3) is 0.263. The van der Waals surface area contributed by atoms with Gasteiger partial charge < -0.3 is 10.2 Å². The largest absolute Gasteiger partial charge is 0.356 e. The molecule has 1 fully saturated rings. The van der Waals surface area contributed by atoms with Crippen molar-refractivity contribution < 1.29 is 0 Å². The summed E-state index contributed by atoms with van der Waals surface area (Å²) in [4.78, 5) is 7.34. The average molecular weight is 369 g/mol. The van der Waals surface area contributed by atoms with Crippen molar-refractivity contribution in [1.82, 2.24) is 4.90 Å². The van der Waals surface area contributed by atoms with E-state index in [1.807, 2.05) is 6.19 Å². The molecule has 128 valence electrons. The molecule has 0 radical (unpaired) electrons. The van der Waals surface area contributed by atoms with Crippen molar-refractivity contribution >= 4 is 40.1 Å². The molecule has 2 aromatic carbocycles. The molecule has 2 aromatic rings. The van der Waals surface area contributed by atoms with Crippen LogP contribution in [0.3, 0.4) is 0 Å². The number of hydrogen-bond donors (Lipinski definition) is 1. The third-order valence-electron chi connectivity index (χ3n) is 4.01. The van der Waals surface area contributed by atoms with Gasteiger partial charge in [0.15, 0.2) is 5.17 Å². The molecule has 1 N–H and O–H groups in total. The fourth-order valence-electron chi connectivity index (χ4n) is 2.65. The second-order valence-electron chi connectivity index (χ2n) is 5.63. The summed E-state index contributed by atoms with van der Waals surface area (Å²) in [6, 6.07) is 17.0. The lowest BCUT2D eigenvalue weighted by molar-refractivity contribution is 0.466. The van der Waals surface area contributed by atoms with E-state index < -0.39 is 0 Å². The first-order valence-corrected chi connectivity index (χ1v) is 10.3. The molecule has 0 saturated carbocycles. The summed E-state index contributed by atoms with van der Waals surface area (Å²) >= 11 is 3.40. The van der Waals surface area contributed by atoms with Crippen LogP contribution in [0.2, 0.25) is 0 Å². The predicted octanol–water partition coefficient (Wildman–Crippen LogP) is 4.58. The number of rotatable bonds is 6. The van der Waals surface area contributed by atoms with Crippen LogP contribution in [0.25, 0.3) is 0 Å². The predicted molar refractivity (Wildman–Crippen MR) is 109 cm³/mol.